The van der Waals surface area contributed by atoms with Crippen LogP contribution in [0.1, 0.15) is 38.5 Å². The lowest BCUT2D eigenvalue weighted by Crippen LogP contribution is -2.44. The first-order valence-electron chi connectivity index (χ1n) is 7.75. The monoisotopic (exact) mass is 286 g/mol. The van der Waals surface area contributed by atoms with E-state index in [0.717, 1.165) is 51.4 Å². The standard InChI is InChI=1S/C15H26O3S/c16-14(9-12-2-7-19-8-3-12)13-1-5-18-15(10-13)4-6-17-11-15/h12-14,16H,1-11H2. The molecule has 0 aliphatic carbocycles. The lowest BCUT2D eigenvalue weighted by atomic mass is 9.79. The van der Waals surface area contributed by atoms with E-state index in [2.05, 4.69) is 11.8 Å². The largest absolute Gasteiger partial charge is 0.393 e. The molecule has 0 aromatic heterocycles. The Hall–Kier alpha value is 0.230. The van der Waals surface area contributed by atoms with Crippen LogP contribution in [0.3, 0.4) is 0 Å². The molecule has 19 heavy (non-hydrogen) atoms. The maximum absolute atomic E-state index is 10.6. The summed E-state index contributed by atoms with van der Waals surface area (Å²) in [4.78, 5) is 0. The molecule has 0 amide bonds. The summed E-state index contributed by atoms with van der Waals surface area (Å²) in [7, 11) is 0. The van der Waals surface area contributed by atoms with Crippen molar-refractivity contribution in [3.63, 3.8) is 0 Å². The first kappa shape index (κ1) is 14.2. The van der Waals surface area contributed by atoms with Crippen molar-refractivity contribution in [2.75, 3.05) is 31.3 Å². The molecule has 3 nitrogen and oxygen atoms in total. The molecule has 3 heterocycles. The second kappa shape index (κ2) is 6.33. The number of aliphatic hydroxyl groups excluding tert-OH is 1. The van der Waals surface area contributed by atoms with Gasteiger partial charge in [0.05, 0.1) is 18.3 Å². The Kier molecular flexibility index (Phi) is 4.73. The van der Waals surface area contributed by atoms with Gasteiger partial charge in [-0.2, -0.15) is 11.8 Å². The molecule has 1 spiro atoms. The highest BCUT2D eigenvalue weighted by Crippen LogP contribution is 2.39. The smallest absolute Gasteiger partial charge is 0.0940 e. The van der Waals surface area contributed by atoms with Gasteiger partial charge in [0.25, 0.3) is 0 Å². The third kappa shape index (κ3) is 3.46. The van der Waals surface area contributed by atoms with Crippen LogP contribution in [0.25, 0.3) is 0 Å². The van der Waals surface area contributed by atoms with Gasteiger partial charge in [0, 0.05) is 19.6 Å². The van der Waals surface area contributed by atoms with Crippen LogP contribution in [0, 0.1) is 11.8 Å². The highest BCUT2D eigenvalue weighted by Gasteiger charge is 2.42. The average Bonchev–Trinajstić information content (AvgIpc) is 2.88. The Morgan fingerprint density at radius 2 is 2.05 bits per heavy atom. The second-order valence-electron chi connectivity index (χ2n) is 6.45. The maximum Gasteiger partial charge on any atom is 0.0940 e. The fourth-order valence-electron chi connectivity index (χ4n) is 3.77. The van der Waals surface area contributed by atoms with E-state index in [-0.39, 0.29) is 11.7 Å². The SMILES string of the molecule is OC(CC1CCSCC1)C1CCOC2(CCOC2)C1. The van der Waals surface area contributed by atoms with Crippen molar-refractivity contribution in [2.24, 2.45) is 11.8 Å². The summed E-state index contributed by atoms with van der Waals surface area (Å²) in [6, 6.07) is 0. The van der Waals surface area contributed by atoms with E-state index in [9.17, 15) is 5.11 Å². The van der Waals surface area contributed by atoms with Gasteiger partial charge in [-0.25, -0.2) is 0 Å². The summed E-state index contributed by atoms with van der Waals surface area (Å²) in [5.41, 5.74) is -0.0632. The van der Waals surface area contributed by atoms with Crippen LogP contribution in [0.2, 0.25) is 0 Å². The molecule has 3 aliphatic rings. The minimum Gasteiger partial charge on any atom is -0.393 e. The number of ether oxygens (including phenoxy) is 2. The Morgan fingerprint density at radius 3 is 2.79 bits per heavy atom. The van der Waals surface area contributed by atoms with Gasteiger partial charge in [-0.05, 0) is 55.4 Å². The number of rotatable bonds is 3. The topological polar surface area (TPSA) is 38.7 Å². The zero-order valence-corrected chi connectivity index (χ0v) is 12.5. The fraction of sp³-hybridized carbons (Fsp3) is 1.00. The quantitative estimate of drug-likeness (QED) is 0.865. The maximum atomic E-state index is 10.6. The summed E-state index contributed by atoms with van der Waals surface area (Å²) >= 11 is 2.06. The summed E-state index contributed by atoms with van der Waals surface area (Å²) in [5, 5.41) is 10.6. The average molecular weight is 286 g/mol. The molecule has 0 radical (unpaired) electrons. The molecule has 3 aliphatic heterocycles. The first-order valence-corrected chi connectivity index (χ1v) is 8.90. The summed E-state index contributed by atoms with van der Waals surface area (Å²) in [6.45, 7) is 2.35. The van der Waals surface area contributed by atoms with E-state index in [1.54, 1.807) is 0 Å². The van der Waals surface area contributed by atoms with E-state index in [4.69, 9.17) is 9.47 Å². The van der Waals surface area contributed by atoms with Crippen molar-refractivity contribution >= 4 is 11.8 Å². The van der Waals surface area contributed by atoms with Crippen LogP contribution in [0.15, 0.2) is 0 Å². The van der Waals surface area contributed by atoms with Gasteiger partial charge in [0.1, 0.15) is 0 Å². The fourth-order valence-corrected chi connectivity index (χ4v) is 4.98. The van der Waals surface area contributed by atoms with Gasteiger partial charge in [-0.15, -0.1) is 0 Å². The minimum atomic E-state index is -0.130. The van der Waals surface area contributed by atoms with Crippen LogP contribution in [0.4, 0.5) is 0 Å². The Labute approximate surface area is 120 Å². The van der Waals surface area contributed by atoms with Gasteiger partial charge in [-0.1, -0.05) is 0 Å². The van der Waals surface area contributed by atoms with E-state index in [1.807, 2.05) is 0 Å². The third-order valence-electron chi connectivity index (χ3n) is 5.06. The number of thioether (sulfide) groups is 1. The van der Waals surface area contributed by atoms with Gasteiger partial charge in [-0.3, -0.25) is 0 Å². The normalized spacial score (nSPS) is 38.7. The van der Waals surface area contributed by atoms with Crippen LogP contribution in [-0.2, 0) is 9.47 Å². The lowest BCUT2D eigenvalue weighted by Gasteiger charge is -2.39. The van der Waals surface area contributed by atoms with Crippen LogP contribution >= 0.6 is 11.8 Å². The van der Waals surface area contributed by atoms with Crippen molar-refractivity contribution in [3.05, 3.63) is 0 Å². The van der Waals surface area contributed by atoms with Gasteiger partial charge < -0.3 is 14.6 Å². The molecule has 110 valence electrons. The highest BCUT2D eigenvalue weighted by atomic mass is 32.2. The molecule has 3 fully saturated rings. The summed E-state index contributed by atoms with van der Waals surface area (Å²) in [5.74, 6) is 3.73. The van der Waals surface area contributed by atoms with E-state index >= 15 is 0 Å². The van der Waals surface area contributed by atoms with Crippen LogP contribution in [-0.4, -0.2) is 48.1 Å². The minimum absolute atomic E-state index is 0.0632. The Bertz CT molecular complexity index is 285. The van der Waals surface area contributed by atoms with Crippen LogP contribution in [0.5, 0.6) is 0 Å². The zero-order chi connectivity index (χ0) is 13.1. The molecule has 4 heteroatoms. The van der Waals surface area contributed by atoms with E-state index in [0.29, 0.717) is 5.92 Å². The molecule has 0 saturated carbocycles. The second-order valence-corrected chi connectivity index (χ2v) is 7.67. The summed E-state index contributed by atoms with van der Waals surface area (Å²) < 4.78 is 11.5. The lowest BCUT2D eigenvalue weighted by molar-refractivity contribution is -0.118. The Balaban J connectivity index is 1.52. The van der Waals surface area contributed by atoms with Crippen molar-refractivity contribution in [1.82, 2.24) is 0 Å². The summed E-state index contributed by atoms with van der Waals surface area (Å²) in [6.07, 6.45) is 6.48. The predicted octanol–water partition coefficient (Wildman–Crippen LogP) is 2.47. The Morgan fingerprint density at radius 1 is 1.21 bits per heavy atom. The molecule has 0 aromatic rings. The third-order valence-corrected chi connectivity index (χ3v) is 6.11. The van der Waals surface area contributed by atoms with Crippen molar-refractivity contribution in [3.8, 4) is 0 Å². The number of aliphatic hydroxyl groups is 1. The molecule has 3 rings (SSSR count). The molecule has 0 aromatic carbocycles. The van der Waals surface area contributed by atoms with Gasteiger partial charge >= 0.3 is 0 Å². The molecule has 0 bridgehead atoms. The molecule has 1 N–H and O–H groups in total. The van der Waals surface area contributed by atoms with E-state index in [1.165, 1.54) is 24.3 Å². The first-order chi connectivity index (χ1) is 9.27. The molecular weight excluding hydrogens is 260 g/mol. The number of hydrogen-bond donors (Lipinski definition) is 1. The van der Waals surface area contributed by atoms with Crippen molar-refractivity contribution in [2.45, 2.75) is 50.2 Å². The zero-order valence-electron chi connectivity index (χ0n) is 11.7. The van der Waals surface area contributed by atoms with Crippen LogP contribution < -0.4 is 0 Å². The predicted molar refractivity (Wildman–Crippen MR) is 77.5 cm³/mol. The van der Waals surface area contributed by atoms with Crippen molar-refractivity contribution < 1.29 is 14.6 Å². The molecule has 3 unspecified atom stereocenters. The molecule has 3 atom stereocenters. The number of hydrogen-bond acceptors (Lipinski definition) is 4. The molecule has 3 saturated heterocycles. The molecular formula is C15H26O3S. The van der Waals surface area contributed by atoms with Gasteiger partial charge in [0.2, 0.25) is 0 Å². The highest BCUT2D eigenvalue weighted by molar-refractivity contribution is 7.99. The van der Waals surface area contributed by atoms with Crippen molar-refractivity contribution in [1.29, 1.82) is 0 Å². The van der Waals surface area contributed by atoms with Gasteiger partial charge in [0.15, 0.2) is 0 Å². The van der Waals surface area contributed by atoms with E-state index < -0.39 is 0 Å².